The van der Waals surface area contributed by atoms with Gasteiger partial charge in [0.05, 0.1) is 7.11 Å². The van der Waals surface area contributed by atoms with Gasteiger partial charge in [-0.1, -0.05) is 19.9 Å². The molecule has 9 heteroatoms. The van der Waals surface area contributed by atoms with E-state index in [4.69, 9.17) is 14.2 Å². The van der Waals surface area contributed by atoms with E-state index < -0.39 is 0 Å². The van der Waals surface area contributed by atoms with E-state index in [1.165, 1.54) is 0 Å². The molecule has 0 bridgehead atoms. The third kappa shape index (κ3) is 12.7. The van der Waals surface area contributed by atoms with Gasteiger partial charge >= 0.3 is 0 Å². The standard InChI is InChI=1S/C23H43N5O3.HI/c1-7-28(8-2)15-17-31-21-11-10-20(18-22(21)30-6)19-26-23(24-3)25-12-14-27(4)13-9-16-29-5;/h10-11,18H,7-9,12-17,19H2,1-6H3,(H2,24,25,26);1H. The minimum atomic E-state index is 0. The smallest absolute Gasteiger partial charge is 0.191 e. The average Bonchev–Trinajstić information content (AvgIpc) is 2.79. The van der Waals surface area contributed by atoms with Crippen LogP contribution in [0.5, 0.6) is 11.5 Å². The molecule has 32 heavy (non-hydrogen) atoms. The molecule has 0 spiro atoms. The molecular weight excluding hydrogens is 521 g/mol. The topological polar surface area (TPSA) is 70.6 Å². The summed E-state index contributed by atoms with van der Waals surface area (Å²) >= 11 is 0. The van der Waals surface area contributed by atoms with Gasteiger partial charge in [-0.05, 0) is 44.3 Å². The molecule has 8 nitrogen and oxygen atoms in total. The first-order valence-corrected chi connectivity index (χ1v) is 11.2. The molecule has 0 aliphatic carbocycles. The average molecular weight is 566 g/mol. The number of ether oxygens (including phenoxy) is 3. The van der Waals surface area contributed by atoms with Gasteiger partial charge < -0.3 is 34.6 Å². The minimum absolute atomic E-state index is 0. The zero-order chi connectivity index (χ0) is 22.9. The van der Waals surface area contributed by atoms with Crippen LogP contribution in [0.3, 0.4) is 0 Å². The number of hydrogen-bond acceptors (Lipinski definition) is 6. The highest BCUT2D eigenvalue weighted by Crippen LogP contribution is 2.28. The summed E-state index contributed by atoms with van der Waals surface area (Å²) < 4.78 is 16.6. The molecule has 0 radical (unpaired) electrons. The van der Waals surface area contributed by atoms with Crippen molar-refractivity contribution < 1.29 is 14.2 Å². The van der Waals surface area contributed by atoms with Crippen molar-refractivity contribution in [2.24, 2.45) is 4.99 Å². The van der Waals surface area contributed by atoms with E-state index >= 15 is 0 Å². The van der Waals surface area contributed by atoms with Crippen LogP contribution in [0, 0.1) is 0 Å². The Morgan fingerprint density at radius 2 is 1.75 bits per heavy atom. The number of rotatable bonds is 16. The molecule has 0 aliphatic heterocycles. The largest absolute Gasteiger partial charge is 0.493 e. The van der Waals surface area contributed by atoms with Crippen LogP contribution in [0.2, 0.25) is 0 Å². The van der Waals surface area contributed by atoms with E-state index in [-0.39, 0.29) is 24.0 Å². The number of nitrogens with one attached hydrogen (secondary N) is 2. The normalized spacial score (nSPS) is 11.4. The van der Waals surface area contributed by atoms with Gasteiger partial charge in [0.1, 0.15) is 6.61 Å². The van der Waals surface area contributed by atoms with Crippen molar-refractivity contribution in [3.63, 3.8) is 0 Å². The van der Waals surface area contributed by atoms with Gasteiger partial charge in [-0.25, -0.2) is 0 Å². The molecule has 0 saturated heterocycles. The van der Waals surface area contributed by atoms with Crippen LogP contribution in [0.1, 0.15) is 25.8 Å². The van der Waals surface area contributed by atoms with Gasteiger partial charge in [-0.15, -0.1) is 24.0 Å². The van der Waals surface area contributed by atoms with E-state index in [1.807, 2.05) is 12.1 Å². The first kappa shape index (κ1) is 30.7. The Kier molecular flexibility index (Phi) is 18.4. The number of likely N-dealkylation sites (N-methyl/N-ethyl adjacent to an activating group) is 2. The Morgan fingerprint density at radius 1 is 1.00 bits per heavy atom. The predicted molar refractivity (Wildman–Crippen MR) is 144 cm³/mol. The second-order valence-corrected chi connectivity index (χ2v) is 7.36. The summed E-state index contributed by atoms with van der Waals surface area (Å²) in [6.45, 7) is 12.2. The molecule has 0 atom stereocenters. The highest BCUT2D eigenvalue weighted by molar-refractivity contribution is 14.0. The fourth-order valence-electron chi connectivity index (χ4n) is 3.13. The van der Waals surface area contributed by atoms with Crippen LogP contribution in [0.4, 0.5) is 0 Å². The summed E-state index contributed by atoms with van der Waals surface area (Å²) in [5.74, 6) is 2.31. The van der Waals surface area contributed by atoms with Crippen LogP contribution in [0.15, 0.2) is 23.2 Å². The number of hydrogen-bond donors (Lipinski definition) is 2. The SMILES string of the molecule is CCN(CC)CCOc1ccc(CNC(=NC)NCCN(C)CCCOC)cc1OC.I. The number of benzene rings is 1. The molecule has 0 fully saturated rings. The first-order chi connectivity index (χ1) is 15.1. The fraction of sp³-hybridized carbons (Fsp3) is 0.696. The van der Waals surface area contributed by atoms with Gasteiger partial charge in [0.25, 0.3) is 0 Å². The summed E-state index contributed by atoms with van der Waals surface area (Å²) in [7, 11) is 7.31. The predicted octanol–water partition coefficient (Wildman–Crippen LogP) is 2.67. The van der Waals surface area contributed by atoms with Crippen LogP contribution in [-0.2, 0) is 11.3 Å². The highest BCUT2D eigenvalue weighted by atomic mass is 127. The lowest BCUT2D eigenvalue weighted by Gasteiger charge is -2.19. The third-order valence-corrected chi connectivity index (χ3v) is 5.15. The highest BCUT2D eigenvalue weighted by Gasteiger charge is 2.08. The van der Waals surface area contributed by atoms with Gasteiger partial charge in [0, 0.05) is 53.5 Å². The minimum Gasteiger partial charge on any atom is -0.493 e. The van der Waals surface area contributed by atoms with Gasteiger partial charge in [-0.3, -0.25) is 4.99 Å². The molecule has 0 aromatic heterocycles. The fourth-order valence-corrected chi connectivity index (χ4v) is 3.13. The number of methoxy groups -OCH3 is 2. The number of nitrogens with zero attached hydrogens (tertiary/aromatic N) is 3. The van der Waals surface area contributed by atoms with Gasteiger partial charge in [0.2, 0.25) is 0 Å². The van der Waals surface area contributed by atoms with Crippen molar-refractivity contribution in [3.8, 4) is 11.5 Å². The quantitative estimate of drug-likeness (QED) is 0.138. The molecule has 2 N–H and O–H groups in total. The van der Waals surface area contributed by atoms with Crippen molar-refractivity contribution in [1.82, 2.24) is 20.4 Å². The Bertz CT molecular complexity index is 630. The van der Waals surface area contributed by atoms with Crippen molar-refractivity contribution in [2.75, 3.05) is 80.8 Å². The maximum absolute atomic E-state index is 5.94. The molecule has 186 valence electrons. The summed E-state index contributed by atoms with van der Waals surface area (Å²) in [6, 6.07) is 6.04. The summed E-state index contributed by atoms with van der Waals surface area (Å²) in [6.07, 6.45) is 1.04. The monoisotopic (exact) mass is 565 g/mol. The van der Waals surface area contributed by atoms with E-state index in [0.717, 1.165) is 75.3 Å². The molecule has 0 heterocycles. The lowest BCUT2D eigenvalue weighted by atomic mass is 10.2. The Hall–Kier alpha value is -1.30. The lowest BCUT2D eigenvalue weighted by Crippen LogP contribution is -2.40. The summed E-state index contributed by atoms with van der Waals surface area (Å²) in [4.78, 5) is 8.92. The van der Waals surface area contributed by atoms with E-state index in [9.17, 15) is 0 Å². The van der Waals surface area contributed by atoms with Crippen molar-refractivity contribution in [3.05, 3.63) is 23.8 Å². The van der Waals surface area contributed by atoms with Crippen molar-refractivity contribution in [1.29, 1.82) is 0 Å². The van der Waals surface area contributed by atoms with Crippen LogP contribution >= 0.6 is 24.0 Å². The first-order valence-electron chi connectivity index (χ1n) is 11.2. The molecule has 1 rings (SSSR count). The van der Waals surface area contributed by atoms with Gasteiger partial charge in [0.15, 0.2) is 17.5 Å². The van der Waals surface area contributed by atoms with Crippen molar-refractivity contribution >= 4 is 29.9 Å². The van der Waals surface area contributed by atoms with E-state index in [1.54, 1.807) is 21.3 Å². The molecule has 0 aliphatic rings. The zero-order valence-corrected chi connectivity index (χ0v) is 23.1. The number of aliphatic imine (C=N–C) groups is 1. The summed E-state index contributed by atoms with van der Waals surface area (Å²) in [5.41, 5.74) is 1.10. The molecular formula is C23H44IN5O3. The Balaban J connectivity index is 0.00000961. The van der Waals surface area contributed by atoms with E-state index in [2.05, 4.69) is 52.4 Å². The second-order valence-electron chi connectivity index (χ2n) is 7.36. The Labute approximate surface area is 212 Å². The maximum atomic E-state index is 5.94. The molecule has 1 aromatic rings. The number of halogens is 1. The second kappa shape index (κ2) is 19.2. The van der Waals surface area contributed by atoms with Crippen LogP contribution in [0.25, 0.3) is 0 Å². The van der Waals surface area contributed by atoms with Crippen LogP contribution < -0.4 is 20.1 Å². The molecule has 1 aromatic carbocycles. The Morgan fingerprint density at radius 3 is 2.38 bits per heavy atom. The van der Waals surface area contributed by atoms with Crippen LogP contribution in [-0.4, -0.2) is 96.6 Å². The maximum Gasteiger partial charge on any atom is 0.191 e. The third-order valence-electron chi connectivity index (χ3n) is 5.15. The lowest BCUT2D eigenvalue weighted by molar-refractivity contribution is 0.180. The van der Waals surface area contributed by atoms with Crippen molar-refractivity contribution in [2.45, 2.75) is 26.8 Å². The van der Waals surface area contributed by atoms with Gasteiger partial charge in [-0.2, -0.15) is 0 Å². The summed E-state index contributed by atoms with van der Waals surface area (Å²) in [5, 5.41) is 6.71. The molecule has 0 amide bonds. The number of guanidine groups is 1. The molecule has 0 unspecified atom stereocenters. The molecule has 0 saturated carbocycles. The zero-order valence-electron chi connectivity index (χ0n) is 20.8. The van der Waals surface area contributed by atoms with E-state index in [0.29, 0.717) is 13.2 Å².